The minimum atomic E-state index is 0.117. The smallest absolute Gasteiger partial charge is 0.250 e. The molecule has 13 heavy (non-hydrogen) atoms. The molecule has 0 aromatic carbocycles. The standard InChI is InChI=1S/C11H17NO/c1-5-12-9(4)6-10(8(2)3)7-11(12)13/h6-8H,5H2,1-4H3. The van der Waals surface area contributed by atoms with Crippen molar-refractivity contribution in [3.8, 4) is 0 Å². The molecule has 0 bridgehead atoms. The van der Waals surface area contributed by atoms with Gasteiger partial charge in [-0.15, -0.1) is 0 Å². The topological polar surface area (TPSA) is 22.0 Å². The Morgan fingerprint density at radius 1 is 1.38 bits per heavy atom. The predicted octanol–water partition coefficient (Wildman–Crippen LogP) is 2.30. The summed E-state index contributed by atoms with van der Waals surface area (Å²) in [4.78, 5) is 11.6. The van der Waals surface area contributed by atoms with Gasteiger partial charge in [-0.05, 0) is 31.4 Å². The summed E-state index contributed by atoms with van der Waals surface area (Å²) in [6, 6.07) is 3.83. The van der Waals surface area contributed by atoms with Gasteiger partial charge in [0.05, 0.1) is 0 Å². The molecule has 0 unspecified atom stereocenters. The van der Waals surface area contributed by atoms with E-state index >= 15 is 0 Å². The lowest BCUT2D eigenvalue weighted by molar-refractivity contribution is 0.691. The number of rotatable bonds is 2. The second-order valence-electron chi connectivity index (χ2n) is 3.67. The number of nitrogens with zero attached hydrogens (tertiary/aromatic N) is 1. The monoisotopic (exact) mass is 179 g/mol. The molecule has 0 aliphatic rings. The molecule has 0 saturated carbocycles. The van der Waals surface area contributed by atoms with Crippen LogP contribution in [-0.2, 0) is 6.54 Å². The first kappa shape index (κ1) is 10.0. The summed E-state index contributed by atoms with van der Waals surface area (Å²) < 4.78 is 1.78. The Morgan fingerprint density at radius 3 is 2.38 bits per heavy atom. The van der Waals surface area contributed by atoms with Crippen LogP contribution in [-0.4, -0.2) is 4.57 Å². The van der Waals surface area contributed by atoms with Gasteiger partial charge in [-0.2, -0.15) is 0 Å². The molecule has 0 amide bonds. The molecule has 0 aliphatic carbocycles. The van der Waals surface area contributed by atoms with Crippen molar-refractivity contribution in [3.63, 3.8) is 0 Å². The third-order valence-electron chi connectivity index (χ3n) is 2.34. The third kappa shape index (κ3) is 2.00. The van der Waals surface area contributed by atoms with Crippen LogP contribution in [0.2, 0.25) is 0 Å². The summed E-state index contributed by atoms with van der Waals surface area (Å²) in [7, 11) is 0. The van der Waals surface area contributed by atoms with Crippen LogP contribution in [0.15, 0.2) is 16.9 Å². The summed E-state index contributed by atoms with van der Waals surface area (Å²) in [6.07, 6.45) is 0. The lowest BCUT2D eigenvalue weighted by atomic mass is 10.0. The lowest BCUT2D eigenvalue weighted by Crippen LogP contribution is -2.21. The van der Waals surface area contributed by atoms with E-state index in [0.717, 1.165) is 17.8 Å². The van der Waals surface area contributed by atoms with Crippen LogP contribution in [0.25, 0.3) is 0 Å². The average Bonchev–Trinajstić information content (AvgIpc) is 2.03. The molecule has 0 fully saturated rings. The summed E-state index contributed by atoms with van der Waals surface area (Å²) in [6.45, 7) is 8.93. The number of pyridine rings is 1. The summed E-state index contributed by atoms with van der Waals surface area (Å²) in [5.41, 5.74) is 2.30. The van der Waals surface area contributed by atoms with E-state index < -0.39 is 0 Å². The van der Waals surface area contributed by atoms with Crippen LogP contribution in [0.1, 0.15) is 37.9 Å². The maximum atomic E-state index is 11.6. The van der Waals surface area contributed by atoms with E-state index in [1.807, 2.05) is 13.8 Å². The van der Waals surface area contributed by atoms with Gasteiger partial charge in [-0.3, -0.25) is 4.79 Å². The second-order valence-corrected chi connectivity index (χ2v) is 3.67. The minimum Gasteiger partial charge on any atom is -0.313 e. The molecule has 1 aromatic rings. The molecule has 0 radical (unpaired) electrons. The Balaban J connectivity index is 3.29. The van der Waals surface area contributed by atoms with Gasteiger partial charge in [0, 0.05) is 18.3 Å². The van der Waals surface area contributed by atoms with Crippen LogP contribution in [0.4, 0.5) is 0 Å². The normalized spacial score (nSPS) is 10.8. The van der Waals surface area contributed by atoms with Gasteiger partial charge in [0.2, 0.25) is 0 Å². The van der Waals surface area contributed by atoms with Crippen molar-refractivity contribution in [2.24, 2.45) is 0 Å². The second kappa shape index (κ2) is 3.77. The van der Waals surface area contributed by atoms with Gasteiger partial charge in [-0.25, -0.2) is 0 Å². The zero-order chi connectivity index (χ0) is 10.0. The van der Waals surface area contributed by atoms with E-state index in [0.29, 0.717) is 5.92 Å². The van der Waals surface area contributed by atoms with Gasteiger partial charge in [0.1, 0.15) is 0 Å². The summed E-state index contributed by atoms with van der Waals surface area (Å²) in [5.74, 6) is 0.429. The Morgan fingerprint density at radius 2 is 2.00 bits per heavy atom. The maximum absolute atomic E-state index is 11.6. The van der Waals surface area contributed by atoms with Crippen molar-refractivity contribution in [2.45, 2.75) is 40.2 Å². The van der Waals surface area contributed by atoms with Crippen LogP contribution in [0, 0.1) is 6.92 Å². The first-order valence-electron chi connectivity index (χ1n) is 4.77. The molecule has 2 nitrogen and oxygen atoms in total. The van der Waals surface area contributed by atoms with Gasteiger partial charge in [0.15, 0.2) is 0 Å². The molecule has 0 saturated heterocycles. The highest BCUT2D eigenvalue weighted by Crippen LogP contribution is 2.12. The van der Waals surface area contributed by atoms with Crippen molar-refractivity contribution in [3.05, 3.63) is 33.7 Å². The molecule has 1 aromatic heterocycles. The molecular weight excluding hydrogens is 162 g/mol. The highest BCUT2D eigenvalue weighted by Gasteiger charge is 2.04. The fourth-order valence-electron chi connectivity index (χ4n) is 1.49. The number of hydrogen-bond donors (Lipinski definition) is 0. The molecule has 1 rings (SSSR count). The van der Waals surface area contributed by atoms with Crippen LogP contribution in [0.5, 0.6) is 0 Å². The predicted molar refractivity (Wildman–Crippen MR) is 55.2 cm³/mol. The number of aromatic nitrogens is 1. The molecule has 72 valence electrons. The number of aryl methyl sites for hydroxylation is 1. The quantitative estimate of drug-likeness (QED) is 0.682. The summed E-state index contributed by atoms with van der Waals surface area (Å²) in [5, 5.41) is 0. The first-order valence-corrected chi connectivity index (χ1v) is 4.77. The van der Waals surface area contributed by atoms with E-state index in [1.54, 1.807) is 10.6 Å². The third-order valence-corrected chi connectivity index (χ3v) is 2.34. The van der Waals surface area contributed by atoms with Crippen molar-refractivity contribution in [2.75, 3.05) is 0 Å². The van der Waals surface area contributed by atoms with Crippen molar-refractivity contribution >= 4 is 0 Å². The Kier molecular flexibility index (Phi) is 2.91. The van der Waals surface area contributed by atoms with Crippen LogP contribution < -0.4 is 5.56 Å². The first-order chi connectivity index (χ1) is 6.06. The van der Waals surface area contributed by atoms with E-state index in [9.17, 15) is 4.79 Å². The van der Waals surface area contributed by atoms with E-state index in [1.165, 1.54) is 0 Å². The van der Waals surface area contributed by atoms with E-state index in [-0.39, 0.29) is 5.56 Å². The average molecular weight is 179 g/mol. The van der Waals surface area contributed by atoms with Crippen LogP contribution in [0.3, 0.4) is 0 Å². The Labute approximate surface area is 79.2 Å². The molecular formula is C11H17NO. The Hall–Kier alpha value is -1.05. The van der Waals surface area contributed by atoms with Crippen molar-refractivity contribution in [1.82, 2.24) is 4.57 Å². The molecule has 0 N–H and O–H groups in total. The van der Waals surface area contributed by atoms with Crippen molar-refractivity contribution < 1.29 is 0 Å². The van der Waals surface area contributed by atoms with E-state index in [2.05, 4.69) is 19.9 Å². The van der Waals surface area contributed by atoms with Gasteiger partial charge in [0.25, 0.3) is 5.56 Å². The number of hydrogen-bond acceptors (Lipinski definition) is 1. The SMILES string of the molecule is CCn1c(C)cc(C(C)C)cc1=O. The molecule has 0 aliphatic heterocycles. The molecule has 1 heterocycles. The zero-order valence-corrected chi connectivity index (χ0v) is 8.79. The van der Waals surface area contributed by atoms with E-state index in [4.69, 9.17) is 0 Å². The maximum Gasteiger partial charge on any atom is 0.250 e. The molecule has 0 atom stereocenters. The lowest BCUT2D eigenvalue weighted by Gasteiger charge is -2.10. The summed E-state index contributed by atoms with van der Waals surface area (Å²) >= 11 is 0. The van der Waals surface area contributed by atoms with Gasteiger partial charge in [-0.1, -0.05) is 13.8 Å². The fourth-order valence-corrected chi connectivity index (χ4v) is 1.49. The highest BCUT2D eigenvalue weighted by molar-refractivity contribution is 5.20. The van der Waals surface area contributed by atoms with Gasteiger partial charge >= 0.3 is 0 Å². The van der Waals surface area contributed by atoms with Crippen LogP contribution >= 0.6 is 0 Å². The highest BCUT2D eigenvalue weighted by atomic mass is 16.1. The molecule has 2 heteroatoms. The van der Waals surface area contributed by atoms with Gasteiger partial charge < -0.3 is 4.57 Å². The minimum absolute atomic E-state index is 0.117. The largest absolute Gasteiger partial charge is 0.313 e. The fraction of sp³-hybridized carbons (Fsp3) is 0.545. The molecule has 0 spiro atoms. The van der Waals surface area contributed by atoms with Crippen molar-refractivity contribution in [1.29, 1.82) is 0 Å². The Bertz CT molecular complexity index is 350. The zero-order valence-electron chi connectivity index (χ0n) is 8.79.